The Bertz CT molecular complexity index is 4210. The van der Waals surface area contributed by atoms with Gasteiger partial charge in [0.25, 0.3) is 0 Å². The molecule has 10 aromatic carbocycles. The third kappa shape index (κ3) is 4.93. The van der Waals surface area contributed by atoms with Gasteiger partial charge < -0.3 is 13.6 Å². The van der Waals surface area contributed by atoms with E-state index in [0.29, 0.717) is 0 Å². The monoisotopic (exact) mass is 802 g/mol. The highest BCUT2D eigenvalue weighted by molar-refractivity contribution is 6.23. The lowest BCUT2D eigenvalue weighted by molar-refractivity contribution is 0.669. The summed E-state index contributed by atoms with van der Waals surface area (Å²) < 4.78 is 11.3. The maximum atomic E-state index is 6.34. The Balaban J connectivity index is 1.02. The first-order chi connectivity index (χ1) is 31.2. The van der Waals surface area contributed by atoms with Gasteiger partial charge in [-0.1, -0.05) is 140 Å². The van der Waals surface area contributed by atoms with Gasteiger partial charge in [-0.3, -0.25) is 0 Å². The van der Waals surface area contributed by atoms with Crippen molar-refractivity contribution in [2.75, 3.05) is 0 Å². The largest absolute Gasteiger partial charge is 0.456 e. The van der Waals surface area contributed by atoms with E-state index in [4.69, 9.17) is 14.4 Å². The molecule has 4 heterocycles. The zero-order valence-electron chi connectivity index (χ0n) is 33.8. The van der Waals surface area contributed by atoms with Crippen LogP contribution in [0.25, 0.3) is 132 Å². The molecule has 0 aliphatic carbocycles. The fourth-order valence-corrected chi connectivity index (χ4v) is 10.3. The van der Waals surface area contributed by atoms with Gasteiger partial charge in [-0.05, 0) is 82.9 Å². The third-order valence-electron chi connectivity index (χ3n) is 13.0. The predicted octanol–water partition coefficient (Wildman–Crippen LogP) is 15.4. The minimum absolute atomic E-state index is 0.825. The summed E-state index contributed by atoms with van der Waals surface area (Å²) in [6.45, 7) is 0. The Labute approximate surface area is 360 Å². The van der Waals surface area contributed by atoms with E-state index in [2.05, 4.69) is 167 Å². The van der Waals surface area contributed by atoms with Crippen LogP contribution in [0.5, 0.6) is 0 Å². The van der Waals surface area contributed by atoms with Crippen LogP contribution in [-0.4, -0.2) is 19.1 Å². The number of furan rings is 1. The van der Waals surface area contributed by atoms with Crippen molar-refractivity contribution in [2.45, 2.75) is 0 Å². The Morgan fingerprint density at radius 1 is 0.349 bits per heavy atom. The van der Waals surface area contributed by atoms with Crippen LogP contribution in [0.1, 0.15) is 0 Å². The zero-order valence-corrected chi connectivity index (χ0v) is 33.8. The first kappa shape index (κ1) is 34.2. The number of hydrogen-bond donors (Lipinski definition) is 0. The van der Waals surface area contributed by atoms with Crippen LogP contribution in [0.3, 0.4) is 0 Å². The van der Waals surface area contributed by atoms with Gasteiger partial charge in [0.05, 0.1) is 50.2 Å². The molecule has 0 unspecified atom stereocenters. The molecule has 14 rings (SSSR count). The SMILES string of the molecule is c1ccc2cc3c(cc2c1)c1ccccc1n3-c1c2ccccc2cc2c1c1ccccc1n2-c1ccc(-c2nc3ccccc3nc2-c2cccc3oc4ccccc4c23)cc1. The van der Waals surface area contributed by atoms with Crippen LogP contribution in [0.15, 0.2) is 211 Å². The van der Waals surface area contributed by atoms with Crippen LogP contribution >= 0.6 is 0 Å². The molecule has 0 N–H and O–H groups in total. The molecular weight excluding hydrogens is 769 g/mol. The summed E-state index contributed by atoms with van der Waals surface area (Å²) in [5.74, 6) is 0. The van der Waals surface area contributed by atoms with E-state index in [1.807, 2.05) is 48.5 Å². The average molecular weight is 803 g/mol. The minimum atomic E-state index is 0.825. The molecule has 0 aliphatic rings. The maximum Gasteiger partial charge on any atom is 0.136 e. The maximum absolute atomic E-state index is 6.34. The van der Waals surface area contributed by atoms with E-state index in [9.17, 15) is 0 Å². The summed E-state index contributed by atoms with van der Waals surface area (Å²) in [6.07, 6.45) is 0. The zero-order chi connectivity index (χ0) is 41.2. The summed E-state index contributed by atoms with van der Waals surface area (Å²) in [5, 5.41) is 11.9. The molecule has 4 aromatic heterocycles. The van der Waals surface area contributed by atoms with E-state index in [-0.39, 0.29) is 0 Å². The highest BCUT2D eigenvalue weighted by Gasteiger charge is 2.24. The Morgan fingerprint density at radius 3 is 1.73 bits per heavy atom. The Morgan fingerprint density at radius 2 is 0.937 bits per heavy atom. The summed E-state index contributed by atoms with van der Waals surface area (Å²) >= 11 is 0. The molecule has 0 aliphatic heterocycles. The van der Waals surface area contributed by atoms with Gasteiger partial charge in [0, 0.05) is 54.5 Å². The minimum Gasteiger partial charge on any atom is -0.456 e. The molecule has 0 bridgehead atoms. The molecule has 63 heavy (non-hydrogen) atoms. The normalized spacial score (nSPS) is 12.1. The highest BCUT2D eigenvalue weighted by atomic mass is 16.3. The van der Waals surface area contributed by atoms with Crippen LogP contribution in [0, 0.1) is 0 Å². The molecule has 0 atom stereocenters. The lowest BCUT2D eigenvalue weighted by Gasteiger charge is -2.16. The van der Waals surface area contributed by atoms with Crippen molar-refractivity contribution < 1.29 is 4.42 Å². The van der Waals surface area contributed by atoms with Gasteiger partial charge in [0.1, 0.15) is 11.2 Å². The number of nitrogens with zero attached hydrogens (tertiary/aromatic N) is 4. The molecule has 292 valence electrons. The van der Waals surface area contributed by atoms with Crippen molar-refractivity contribution in [3.8, 4) is 33.9 Å². The molecule has 0 amide bonds. The fraction of sp³-hybridized carbons (Fsp3) is 0. The highest BCUT2D eigenvalue weighted by Crippen LogP contribution is 2.45. The van der Waals surface area contributed by atoms with E-state index < -0.39 is 0 Å². The number of benzene rings is 10. The summed E-state index contributed by atoms with van der Waals surface area (Å²) in [7, 11) is 0. The summed E-state index contributed by atoms with van der Waals surface area (Å²) in [4.78, 5) is 10.6. The van der Waals surface area contributed by atoms with Gasteiger partial charge >= 0.3 is 0 Å². The molecule has 0 spiro atoms. The molecule has 14 aromatic rings. The van der Waals surface area contributed by atoms with E-state index in [0.717, 1.165) is 72.2 Å². The Hall–Kier alpha value is -8.54. The predicted molar refractivity (Wildman–Crippen MR) is 261 cm³/mol. The molecule has 5 nitrogen and oxygen atoms in total. The van der Waals surface area contributed by atoms with E-state index >= 15 is 0 Å². The number of para-hydroxylation sites is 5. The molecule has 0 radical (unpaired) electrons. The van der Waals surface area contributed by atoms with E-state index in [1.54, 1.807) is 0 Å². The molecule has 0 saturated heterocycles. The van der Waals surface area contributed by atoms with Crippen molar-refractivity contribution >= 4 is 98.1 Å². The second kappa shape index (κ2) is 13.0. The quantitative estimate of drug-likeness (QED) is 0.178. The molecule has 0 fully saturated rings. The van der Waals surface area contributed by atoms with Crippen molar-refractivity contribution in [2.24, 2.45) is 0 Å². The third-order valence-corrected chi connectivity index (χ3v) is 13.0. The molecule has 0 saturated carbocycles. The lowest BCUT2D eigenvalue weighted by atomic mass is 9.98. The van der Waals surface area contributed by atoms with Gasteiger partial charge in [0.15, 0.2) is 0 Å². The second-order valence-corrected chi connectivity index (χ2v) is 16.5. The van der Waals surface area contributed by atoms with Crippen molar-refractivity contribution in [3.63, 3.8) is 0 Å². The number of aromatic nitrogens is 4. The van der Waals surface area contributed by atoms with Gasteiger partial charge in [-0.2, -0.15) is 0 Å². The van der Waals surface area contributed by atoms with Crippen LogP contribution < -0.4 is 0 Å². The number of hydrogen-bond acceptors (Lipinski definition) is 3. The molecule has 5 heteroatoms. The van der Waals surface area contributed by atoms with Gasteiger partial charge in [-0.15, -0.1) is 0 Å². The van der Waals surface area contributed by atoms with Crippen LogP contribution in [-0.2, 0) is 0 Å². The number of fused-ring (bicyclic) bond motifs is 12. The number of rotatable bonds is 4. The second-order valence-electron chi connectivity index (χ2n) is 16.5. The average Bonchev–Trinajstić information content (AvgIpc) is 4.00. The first-order valence-corrected chi connectivity index (χ1v) is 21.4. The van der Waals surface area contributed by atoms with Crippen molar-refractivity contribution in [1.82, 2.24) is 19.1 Å². The van der Waals surface area contributed by atoms with Crippen molar-refractivity contribution in [3.05, 3.63) is 206 Å². The smallest absolute Gasteiger partial charge is 0.136 e. The van der Waals surface area contributed by atoms with E-state index in [1.165, 1.54) is 59.8 Å². The van der Waals surface area contributed by atoms with Crippen molar-refractivity contribution in [1.29, 1.82) is 0 Å². The van der Waals surface area contributed by atoms with Crippen LogP contribution in [0.2, 0.25) is 0 Å². The van der Waals surface area contributed by atoms with Gasteiger partial charge in [-0.25, -0.2) is 9.97 Å². The first-order valence-electron chi connectivity index (χ1n) is 21.4. The fourth-order valence-electron chi connectivity index (χ4n) is 10.3. The Kier molecular flexibility index (Phi) is 7.05. The topological polar surface area (TPSA) is 48.8 Å². The summed E-state index contributed by atoms with van der Waals surface area (Å²) in [5.41, 5.74) is 14.0. The molecular formula is C58H34N4O. The van der Waals surface area contributed by atoms with Gasteiger partial charge in [0.2, 0.25) is 0 Å². The summed E-state index contributed by atoms with van der Waals surface area (Å²) in [6, 6.07) is 73.7. The van der Waals surface area contributed by atoms with Crippen LogP contribution in [0.4, 0.5) is 0 Å². The standard InChI is InChI=1S/C58H34N4O/c1-2-15-37-33-50-45(32-36(37)14-1)41-18-5-10-24-48(41)62(50)58-40-17-4-3-16-38(40)34-51-55(58)42-19-6-11-25-49(42)61(51)39-30-28-35(29-31-39)56-57(60-47-23-9-8-22-46(47)59-56)44-21-13-27-53-54(44)43-20-7-12-26-52(43)63-53/h1-34H. The lowest BCUT2D eigenvalue weighted by Crippen LogP contribution is -1.99.